The molecule has 29 heavy (non-hydrogen) atoms. The normalized spacial score (nSPS) is 19.6. The van der Waals surface area contributed by atoms with Crippen LogP contribution >= 0.6 is 24.0 Å². The third-order valence-electron chi connectivity index (χ3n) is 5.66. The fourth-order valence-corrected chi connectivity index (χ4v) is 3.81. The molecule has 8 heteroatoms. The largest absolute Gasteiger partial charge is 0.357 e. The Bertz CT molecular complexity index is 468. The van der Waals surface area contributed by atoms with E-state index in [0.717, 1.165) is 64.4 Å². The molecule has 170 valence electrons. The highest BCUT2D eigenvalue weighted by atomic mass is 127. The maximum atomic E-state index is 12.0. The second-order valence-corrected chi connectivity index (χ2v) is 8.08. The van der Waals surface area contributed by atoms with Gasteiger partial charge in [-0.25, -0.2) is 0 Å². The lowest BCUT2D eigenvalue weighted by atomic mass is 10.2. The Balaban J connectivity index is 0.00000420. The standard InChI is InChI=1S/C21H42N6O.HI/c1-3-22-21(23-11-6-8-13-26-18-16-25(2)17-19-26)24-12-9-15-27-14-7-4-5-10-20(27)28;/h3-19H2,1-2H3,(H2,22,23,24);1H. The lowest BCUT2D eigenvalue weighted by molar-refractivity contribution is -0.130. The molecule has 1 amide bonds. The maximum absolute atomic E-state index is 12.0. The van der Waals surface area contributed by atoms with Crippen LogP contribution in [0.25, 0.3) is 0 Å². The van der Waals surface area contributed by atoms with Crippen molar-refractivity contribution in [1.29, 1.82) is 0 Å². The summed E-state index contributed by atoms with van der Waals surface area (Å²) in [5.74, 6) is 1.23. The zero-order chi connectivity index (χ0) is 20.0. The van der Waals surface area contributed by atoms with E-state index < -0.39 is 0 Å². The first-order chi connectivity index (χ1) is 13.7. The summed E-state index contributed by atoms with van der Waals surface area (Å²) in [6.45, 7) is 12.5. The van der Waals surface area contributed by atoms with E-state index in [4.69, 9.17) is 0 Å². The molecule has 0 radical (unpaired) electrons. The first-order valence-electron chi connectivity index (χ1n) is 11.4. The molecule has 2 heterocycles. The van der Waals surface area contributed by atoms with Crippen molar-refractivity contribution in [2.45, 2.75) is 51.9 Å². The van der Waals surface area contributed by atoms with Gasteiger partial charge in [-0.15, -0.1) is 24.0 Å². The molecule has 2 aliphatic heterocycles. The molecular formula is C21H43IN6O. The Morgan fingerprint density at radius 3 is 2.52 bits per heavy atom. The topological polar surface area (TPSA) is 63.2 Å². The van der Waals surface area contributed by atoms with Crippen LogP contribution in [-0.2, 0) is 4.79 Å². The van der Waals surface area contributed by atoms with Crippen LogP contribution in [0.15, 0.2) is 4.99 Å². The molecule has 2 rings (SSSR count). The van der Waals surface area contributed by atoms with Gasteiger partial charge in [0.25, 0.3) is 0 Å². The van der Waals surface area contributed by atoms with Gasteiger partial charge < -0.3 is 25.3 Å². The van der Waals surface area contributed by atoms with E-state index >= 15 is 0 Å². The van der Waals surface area contributed by atoms with E-state index in [-0.39, 0.29) is 24.0 Å². The third kappa shape index (κ3) is 11.4. The molecule has 2 aliphatic rings. The summed E-state index contributed by atoms with van der Waals surface area (Å²) in [4.78, 5) is 23.7. The maximum Gasteiger partial charge on any atom is 0.222 e. The van der Waals surface area contributed by atoms with Gasteiger partial charge in [-0.05, 0) is 52.6 Å². The van der Waals surface area contributed by atoms with E-state index in [0.29, 0.717) is 5.91 Å². The molecule has 0 unspecified atom stereocenters. The number of guanidine groups is 1. The number of piperazine rings is 1. The van der Waals surface area contributed by atoms with Crippen molar-refractivity contribution >= 4 is 35.8 Å². The molecule has 2 fully saturated rings. The van der Waals surface area contributed by atoms with Gasteiger partial charge in [0.05, 0.1) is 0 Å². The number of rotatable bonds is 10. The molecular weight excluding hydrogens is 479 g/mol. The molecule has 0 saturated carbocycles. The monoisotopic (exact) mass is 522 g/mol. The van der Waals surface area contributed by atoms with Crippen molar-refractivity contribution in [3.63, 3.8) is 0 Å². The zero-order valence-electron chi connectivity index (χ0n) is 18.6. The minimum atomic E-state index is 0. The lowest BCUT2D eigenvalue weighted by Gasteiger charge is -2.32. The molecule has 0 aliphatic carbocycles. The van der Waals surface area contributed by atoms with Crippen LogP contribution in [0.1, 0.15) is 51.9 Å². The molecule has 0 aromatic rings. The number of carbonyl (C=O) groups excluding carboxylic acids is 1. The molecule has 0 bridgehead atoms. The Morgan fingerprint density at radius 2 is 1.76 bits per heavy atom. The van der Waals surface area contributed by atoms with Crippen LogP contribution in [0.4, 0.5) is 0 Å². The smallest absolute Gasteiger partial charge is 0.222 e. The van der Waals surface area contributed by atoms with Crippen LogP contribution in [-0.4, -0.2) is 99.1 Å². The van der Waals surface area contributed by atoms with Crippen molar-refractivity contribution in [3.8, 4) is 0 Å². The van der Waals surface area contributed by atoms with Gasteiger partial charge in [-0.3, -0.25) is 9.79 Å². The predicted octanol–water partition coefficient (Wildman–Crippen LogP) is 1.98. The lowest BCUT2D eigenvalue weighted by Crippen LogP contribution is -2.44. The highest BCUT2D eigenvalue weighted by Crippen LogP contribution is 2.11. The van der Waals surface area contributed by atoms with Crippen LogP contribution in [0.2, 0.25) is 0 Å². The van der Waals surface area contributed by atoms with Crippen molar-refractivity contribution in [3.05, 3.63) is 0 Å². The number of amides is 1. The van der Waals surface area contributed by atoms with Crippen LogP contribution < -0.4 is 10.6 Å². The molecule has 2 saturated heterocycles. The Morgan fingerprint density at radius 1 is 0.966 bits per heavy atom. The van der Waals surface area contributed by atoms with Crippen LogP contribution in [0.5, 0.6) is 0 Å². The summed E-state index contributed by atoms with van der Waals surface area (Å²) in [6, 6.07) is 0. The molecule has 7 nitrogen and oxygen atoms in total. The van der Waals surface area contributed by atoms with Gasteiger partial charge in [0.15, 0.2) is 5.96 Å². The Hall–Kier alpha value is -0.610. The average Bonchev–Trinajstić information content (AvgIpc) is 2.90. The first-order valence-corrected chi connectivity index (χ1v) is 11.4. The summed E-state index contributed by atoms with van der Waals surface area (Å²) in [5.41, 5.74) is 0. The SMILES string of the molecule is CCNC(=NCCCN1CCCCCC1=O)NCCCCN1CCN(C)CC1.I. The third-order valence-corrected chi connectivity index (χ3v) is 5.66. The number of likely N-dealkylation sites (tertiary alicyclic amines) is 1. The summed E-state index contributed by atoms with van der Waals surface area (Å²) < 4.78 is 0. The highest BCUT2D eigenvalue weighted by Gasteiger charge is 2.15. The van der Waals surface area contributed by atoms with Gasteiger partial charge in [-0.2, -0.15) is 0 Å². The van der Waals surface area contributed by atoms with Crippen molar-refractivity contribution in [2.75, 3.05) is 72.5 Å². The molecule has 0 aromatic carbocycles. The highest BCUT2D eigenvalue weighted by molar-refractivity contribution is 14.0. The second-order valence-electron chi connectivity index (χ2n) is 8.08. The fourth-order valence-electron chi connectivity index (χ4n) is 3.81. The van der Waals surface area contributed by atoms with Crippen molar-refractivity contribution < 1.29 is 4.79 Å². The number of nitrogens with one attached hydrogen (secondary N) is 2. The number of unbranched alkanes of at least 4 members (excludes halogenated alkanes) is 1. The summed E-state index contributed by atoms with van der Waals surface area (Å²) in [5, 5.41) is 6.78. The predicted molar refractivity (Wildman–Crippen MR) is 132 cm³/mol. The van der Waals surface area contributed by atoms with Crippen molar-refractivity contribution in [2.24, 2.45) is 4.99 Å². The number of hydrogen-bond acceptors (Lipinski definition) is 4. The zero-order valence-corrected chi connectivity index (χ0v) is 21.0. The molecule has 0 spiro atoms. The van der Waals surface area contributed by atoms with E-state index in [2.05, 4.69) is 39.4 Å². The quantitative estimate of drug-likeness (QED) is 0.199. The van der Waals surface area contributed by atoms with E-state index in [1.54, 1.807) is 0 Å². The number of hydrogen-bond donors (Lipinski definition) is 2. The first kappa shape index (κ1) is 26.4. The molecule has 0 aromatic heterocycles. The fraction of sp³-hybridized carbons (Fsp3) is 0.905. The Kier molecular flexibility index (Phi) is 14.7. The van der Waals surface area contributed by atoms with E-state index in [9.17, 15) is 4.79 Å². The summed E-state index contributed by atoms with van der Waals surface area (Å²) >= 11 is 0. The number of aliphatic imine (C=N–C) groups is 1. The molecule has 2 N–H and O–H groups in total. The Labute approximate surface area is 195 Å². The number of halogens is 1. The van der Waals surface area contributed by atoms with Gasteiger partial charge in [0.1, 0.15) is 0 Å². The van der Waals surface area contributed by atoms with Crippen molar-refractivity contribution in [1.82, 2.24) is 25.3 Å². The summed E-state index contributed by atoms with van der Waals surface area (Å²) in [6.07, 6.45) is 7.44. The van der Waals surface area contributed by atoms with Gasteiger partial charge in [0.2, 0.25) is 5.91 Å². The minimum absolute atomic E-state index is 0. The number of likely N-dealkylation sites (N-methyl/N-ethyl adjacent to an activating group) is 1. The van der Waals surface area contributed by atoms with Crippen LogP contribution in [0, 0.1) is 0 Å². The number of carbonyl (C=O) groups is 1. The van der Waals surface area contributed by atoms with Crippen LogP contribution in [0.3, 0.4) is 0 Å². The van der Waals surface area contributed by atoms with Gasteiger partial charge in [0, 0.05) is 65.3 Å². The summed E-state index contributed by atoms with van der Waals surface area (Å²) in [7, 11) is 2.20. The molecule has 0 atom stereocenters. The van der Waals surface area contributed by atoms with E-state index in [1.165, 1.54) is 52.0 Å². The second kappa shape index (κ2) is 16.1. The van der Waals surface area contributed by atoms with E-state index in [1.807, 2.05) is 4.90 Å². The van der Waals surface area contributed by atoms with Gasteiger partial charge in [-0.1, -0.05) is 6.42 Å². The minimum Gasteiger partial charge on any atom is -0.357 e. The van der Waals surface area contributed by atoms with Gasteiger partial charge >= 0.3 is 0 Å². The average molecular weight is 523 g/mol. The number of nitrogens with zero attached hydrogens (tertiary/aromatic N) is 4.